The van der Waals surface area contributed by atoms with Crippen molar-refractivity contribution in [2.75, 3.05) is 30.3 Å². The third-order valence-electron chi connectivity index (χ3n) is 7.41. The SMILES string of the molecule is C=N/C=C\SCCN1C=Nc2ccc(Sc3cnc(N4CCC5(CCCC5)CC4)cn3)c(Cl)c2C1=C. The highest BCUT2D eigenvalue weighted by molar-refractivity contribution is 8.02. The summed E-state index contributed by atoms with van der Waals surface area (Å²) in [7, 11) is 0. The zero-order valence-electron chi connectivity index (χ0n) is 20.4. The van der Waals surface area contributed by atoms with Gasteiger partial charge in [-0.1, -0.05) is 42.8 Å². The van der Waals surface area contributed by atoms with Crippen LogP contribution in [0.15, 0.2) is 62.6 Å². The Labute approximate surface area is 227 Å². The lowest BCUT2D eigenvalue weighted by Crippen LogP contribution is -2.39. The molecule has 0 amide bonds. The van der Waals surface area contributed by atoms with E-state index in [1.807, 2.05) is 41.2 Å². The third kappa shape index (κ3) is 5.50. The highest BCUT2D eigenvalue weighted by Gasteiger charge is 2.37. The molecule has 36 heavy (non-hydrogen) atoms. The molecule has 6 nitrogen and oxygen atoms in total. The maximum absolute atomic E-state index is 6.88. The lowest BCUT2D eigenvalue weighted by Gasteiger charge is -2.39. The van der Waals surface area contributed by atoms with E-state index in [-0.39, 0.29) is 0 Å². The van der Waals surface area contributed by atoms with Crippen LogP contribution in [-0.2, 0) is 0 Å². The molecule has 188 valence electrons. The molecule has 1 aliphatic carbocycles. The van der Waals surface area contributed by atoms with Crippen LogP contribution in [0, 0.1) is 5.41 Å². The molecule has 5 rings (SSSR count). The van der Waals surface area contributed by atoms with E-state index in [0.717, 1.165) is 58.1 Å². The van der Waals surface area contributed by atoms with E-state index >= 15 is 0 Å². The van der Waals surface area contributed by atoms with Gasteiger partial charge in [0, 0.05) is 47.7 Å². The Bertz CT molecular complexity index is 1160. The van der Waals surface area contributed by atoms with E-state index in [1.54, 1.807) is 18.0 Å². The molecule has 0 bridgehead atoms. The number of aliphatic imine (C=N–C) groups is 2. The zero-order valence-corrected chi connectivity index (χ0v) is 22.8. The van der Waals surface area contributed by atoms with Gasteiger partial charge >= 0.3 is 0 Å². The highest BCUT2D eigenvalue weighted by atomic mass is 35.5. The summed E-state index contributed by atoms with van der Waals surface area (Å²) in [5.41, 5.74) is 3.16. The average molecular weight is 539 g/mol. The maximum atomic E-state index is 6.88. The van der Waals surface area contributed by atoms with Crippen LogP contribution in [0.5, 0.6) is 0 Å². The van der Waals surface area contributed by atoms with E-state index in [2.05, 4.69) is 28.2 Å². The summed E-state index contributed by atoms with van der Waals surface area (Å²) in [6.07, 6.45) is 15.4. The predicted octanol–water partition coefficient (Wildman–Crippen LogP) is 7.29. The van der Waals surface area contributed by atoms with Crippen LogP contribution >= 0.6 is 35.1 Å². The summed E-state index contributed by atoms with van der Waals surface area (Å²) < 4.78 is 0. The van der Waals surface area contributed by atoms with Crippen molar-refractivity contribution in [1.82, 2.24) is 14.9 Å². The van der Waals surface area contributed by atoms with Crippen LogP contribution < -0.4 is 4.90 Å². The van der Waals surface area contributed by atoms with Crippen LogP contribution in [0.2, 0.25) is 5.02 Å². The zero-order chi connectivity index (χ0) is 25.0. The number of hydrogen-bond donors (Lipinski definition) is 0. The highest BCUT2D eigenvalue weighted by Crippen LogP contribution is 2.47. The summed E-state index contributed by atoms with van der Waals surface area (Å²) >= 11 is 10.1. The first-order chi connectivity index (χ1) is 17.6. The number of halogens is 1. The maximum Gasteiger partial charge on any atom is 0.147 e. The second-order valence-electron chi connectivity index (χ2n) is 9.50. The first-order valence-corrected chi connectivity index (χ1v) is 14.6. The van der Waals surface area contributed by atoms with Crippen LogP contribution in [0.3, 0.4) is 0 Å². The summed E-state index contributed by atoms with van der Waals surface area (Å²) in [5.74, 6) is 1.84. The molecule has 2 fully saturated rings. The van der Waals surface area contributed by atoms with Crippen molar-refractivity contribution in [1.29, 1.82) is 0 Å². The lowest BCUT2D eigenvalue weighted by atomic mass is 9.77. The number of fused-ring (bicyclic) bond motifs is 1. The van der Waals surface area contributed by atoms with Gasteiger partial charge in [-0.25, -0.2) is 15.0 Å². The van der Waals surface area contributed by atoms with Crippen molar-refractivity contribution in [3.8, 4) is 0 Å². The number of aromatic nitrogens is 2. The second-order valence-corrected chi connectivity index (χ2v) is 12.0. The van der Waals surface area contributed by atoms with E-state index < -0.39 is 0 Å². The van der Waals surface area contributed by atoms with E-state index in [0.29, 0.717) is 10.4 Å². The second kappa shape index (κ2) is 11.4. The number of thioether (sulfide) groups is 1. The topological polar surface area (TPSA) is 57.0 Å². The standard InChI is InChI=1S/C27H31ClN6S2/c1-20-25-21(32-19-34(20)14-16-35-15-11-29-2)5-6-22(26(25)28)36-24-18-30-23(17-31-24)33-12-9-27(10-13-33)7-3-4-8-27/h5-6,11,15,17-19H,1-4,7-10,12-14,16H2/b15-11-. The van der Waals surface area contributed by atoms with Gasteiger partial charge in [-0.05, 0) is 55.4 Å². The smallest absolute Gasteiger partial charge is 0.147 e. The molecule has 0 radical (unpaired) electrons. The lowest BCUT2D eigenvalue weighted by molar-refractivity contribution is 0.226. The molecule has 1 saturated carbocycles. The number of piperidine rings is 1. The van der Waals surface area contributed by atoms with Crippen molar-refractivity contribution in [2.45, 2.75) is 48.4 Å². The fourth-order valence-electron chi connectivity index (χ4n) is 5.32. The predicted molar refractivity (Wildman–Crippen MR) is 155 cm³/mol. The molecule has 1 saturated heterocycles. The number of anilines is 1. The summed E-state index contributed by atoms with van der Waals surface area (Å²) in [6, 6.07) is 3.99. The van der Waals surface area contributed by atoms with Gasteiger partial charge in [0.15, 0.2) is 0 Å². The number of hydrogen-bond acceptors (Lipinski definition) is 8. The van der Waals surface area contributed by atoms with Crippen LogP contribution in [0.25, 0.3) is 5.70 Å². The van der Waals surface area contributed by atoms with E-state index in [4.69, 9.17) is 21.6 Å². The number of rotatable bonds is 8. The summed E-state index contributed by atoms with van der Waals surface area (Å²) in [6.45, 7) is 10.7. The molecular formula is C27H31ClN6S2. The fraction of sp³-hybridized carbons (Fsp3) is 0.407. The average Bonchev–Trinajstić information content (AvgIpc) is 3.35. The van der Waals surface area contributed by atoms with Crippen LogP contribution in [-0.4, -0.2) is 53.3 Å². The van der Waals surface area contributed by atoms with Gasteiger partial charge < -0.3 is 9.80 Å². The Morgan fingerprint density at radius 2 is 1.92 bits per heavy atom. The molecule has 0 atom stereocenters. The first-order valence-electron chi connectivity index (χ1n) is 12.4. The molecule has 0 unspecified atom stereocenters. The van der Waals surface area contributed by atoms with E-state index in [9.17, 15) is 0 Å². The monoisotopic (exact) mass is 538 g/mol. The Hall–Kier alpha value is -2.29. The minimum Gasteiger partial charge on any atom is -0.355 e. The molecule has 9 heteroatoms. The molecule has 3 heterocycles. The van der Waals surface area contributed by atoms with Crippen molar-refractivity contribution in [2.24, 2.45) is 15.4 Å². The minimum absolute atomic E-state index is 0.603. The van der Waals surface area contributed by atoms with Gasteiger partial charge in [-0.2, -0.15) is 0 Å². The number of nitrogens with zero attached hydrogens (tertiary/aromatic N) is 6. The van der Waals surface area contributed by atoms with Gasteiger partial charge in [0.1, 0.15) is 10.8 Å². The minimum atomic E-state index is 0.603. The molecule has 1 spiro atoms. The van der Waals surface area contributed by atoms with Gasteiger partial charge in [0.25, 0.3) is 0 Å². The van der Waals surface area contributed by atoms with Gasteiger partial charge in [0.05, 0.1) is 29.4 Å². The third-order valence-corrected chi connectivity index (χ3v) is 9.63. The molecule has 2 aromatic rings. The van der Waals surface area contributed by atoms with Crippen molar-refractivity contribution in [3.05, 3.63) is 53.3 Å². The van der Waals surface area contributed by atoms with Crippen molar-refractivity contribution >= 4 is 65.4 Å². The van der Waals surface area contributed by atoms with Crippen LogP contribution in [0.4, 0.5) is 11.5 Å². The molecule has 1 aromatic heterocycles. The fourth-order valence-corrected chi connectivity index (χ4v) is 7.08. The number of benzene rings is 1. The van der Waals surface area contributed by atoms with Gasteiger partial charge in [-0.15, -0.1) is 11.8 Å². The first kappa shape index (κ1) is 25.4. The largest absolute Gasteiger partial charge is 0.355 e. The van der Waals surface area contributed by atoms with Crippen molar-refractivity contribution in [3.63, 3.8) is 0 Å². The quantitative estimate of drug-likeness (QED) is 0.260. The Morgan fingerprint density at radius 3 is 2.64 bits per heavy atom. The summed E-state index contributed by atoms with van der Waals surface area (Å²) in [4.78, 5) is 23.1. The normalized spacial score (nSPS) is 18.9. The van der Waals surface area contributed by atoms with Gasteiger partial charge in [-0.3, -0.25) is 4.99 Å². The van der Waals surface area contributed by atoms with E-state index in [1.165, 1.54) is 50.3 Å². The molecule has 0 N–H and O–H groups in total. The van der Waals surface area contributed by atoms with Crippen molar-refractivity contribution < 1.29 is 0 Å². The molecule has 3 aliphatic rings. The van der Waals surface area contributed by atoms with Gasteiger partial charge in [0.2, 0.25) is 0 Å². The molecule has 2 aliphatic heterocycles. The molecule has 1 aromatic carbocycles. The Balaban J connectivity index is 1.23. The Morgan fingerprint density at radius 1 is 1.11 bits per heavy atom. The molecular weight excluding hydrogens is 508 g/mol. The Kier molecular flexibility index (Phi) is 8.03. The van der Waals surface area contributed by atoms with Crippen LogP contribution in [0.1, 0.15) is 44.1 Å². The summed E-state index contributed by atoms with van der Waals surface area (Å²) in [5, 5.41) is 3.40.